The van der Waals surface area contributed by atoms with Crippen LogP contribution in [-0.4, -0.2) is 0 Å². The molecule has 0 aromatic heterocycles. The van der Waals surface area contributed by atoms with Crippen molar-refractivity contribution in [3.63, 3.8) is 0 Å². The second-order valence-electron chi connectivity index (χ2n) is 10.4. The number of hydrogen-bond donors (Lipinski definition) is 0. The lowest BCUT2D eigenvalue weighted by atomic mass is 9.78. The SMILES string of the molecule is C1=c2c(ccc3c2=Cc2c-3cccc2C2CC=c3ccc4cccc5ccc2c3c54)-c2ccccc21. The van der Waals surface area contributed by atoms with E-state index in [9.17, 15) is 0 Å². The average molecular weight is 455 g/mol. The third kappa shape index (κ3) is 2.30. The third-order valence-electron chi connectivity index (χ3n) is 8.72. The van der Waals surface area contributed by atoms with Crippen LogP contribution in [0.5, 0.6) is 0 Å². The maximum atomic E-state index is 2.47. The summed E-state index contributed by atoms with van der Waals surface area (Å²) in [6.07, 6.45) is 8.35. The van der Waals surface area contributed by atoms with Gasteiger partial charge in [0.2, 0.25) is 0 Å². The molecule has 0 spiro atoms. The zero-order valence-electron chi connectivity index (χ0n) is 19.8. The largest absolute Gasteiger partial charge is 0.0757 e. The average Bonchev–Trinajstić information content (AvgIpc) is 3.50. The Labute approximate surface area is 209 Å². The van der Waals surface area contributed by atoms with E-state index in [4.69, 9.17) is 0 Å². The molecule has 0 N–H and O–H groups in total. The van der Waals surface area contributed by atoms with Gasteiger partial charge in [-0.15, -0.1) is 0 Å². The Morgan fingerprint density at radius 2 is 1.25 bits per heavy atom. The summed E-state index contributed by atoms with van der Waals surface area (Å²) in [6.45, 7) is 0. The van der Waals surface area contributed by atoms with E-state index in [0.29, 0.717) is 5.92 Å². The van der Waals surface area contributed by atoms with Crippen molar-refractivity contribution >= 4 is 39.8 Å². The molecule has 9 rings (SSSR count). The molecule has 0 radical (unpaired) electrons. The molecule has 3 aliphatic carbocycles. The molecule has 0 aliphatic heterocycles. The molecule has 0 heteroatoms. The molecule has 0 nitrogen and oxygen atoms in total. The Hall–Kier alpha value is -4.42. The normalized spacial score (nSPS) is 16.1. The second kappa shape index (κ2) is 6.62. The van der Waals surface area contributed by atoms with Gasteiger partial charge in [-0.05, 0) is 100 Å². The number of fused-ring (bicyclic) bond motifs is 7. The minimum absolute atomic E-state index is 0.363. The lowest BCUT2D eigenvalue weighted by molar-refractivity contribution is 0.852. The maximum Gasteiger partial charge on any atom is 0.0137 e. The topological polar surface area (TPSA) is 0 Å². The van der Waals surface area contributed by atoms with E-state index in [1.54, 1.807) is 0 Å². The van der Waals surface area contributed by atoms with Crippen LogP contribution in [0.25, 0.3) is 62.0 Å². The Bertz CT molecular complexity index is 2110. The van der Waals surface area contributed by atoms with Crippen LogP contribution in [0.4, 0.5) is 0 Å². The third-order valence-corrected chi connectivity index (χ3v) is 8.72. The van der Waals surface area contributed by atoms with Gasteiger partial charge in [-0.1, -0.05) is 103 Å². The molecule has 0 bridgehead atoms. The Balaban J connectivity index is 1.30. The van der Waals surface area contributed by atoms with Crippen LogP contribution in [0.2, 0.25) is 0 Å². The van der Waals surface area contributed by atoms with Crippen molar-refractivity contribution in [1.82, 2.24) is 0 Å². The fourth-order valence-electron chi connectivity index (χ4n) is 7.13. The zero-order chi connectivity index (χ0) is 23.4. The quantitative estimate of drug-likeness (QED) is 0.261. The van der Waals surface area contributed by atoms with Gasteiger partial charge >= 0.3 is 0 Å². The van der Waals surface area contributed by atoms with Crippen molar-refractivity contribution in [2.24, 2.45) is 0 Å². The molecule has 0 saturated heterocycles. The van der Waals surface area contributed by atoms with E-state index in [-0.39, 0.29) is 0 Å². The fourth-order valence-corrected chi connectivity index (χ4v) is 7.13. The molecule has 1 unspecified atom stereocenters. The molecule has 0 saturated carbocycles. The lowest BCUT2D eigenvalue weighted by Crippen LogP contribution is -2.25. The standard InChI is InChI=1S/C36H22/c1-2-8-25-24(5-1)19-32-28(25)17-18-30-27-10-4-9-26(33(27)20-34(30)32)29-15-13-23-12-11-21-6-3-7-22-14-16-31(29)36(23)35(21)22/h1-14,16-20,29H,15H2. The minimum Gasteiger partial charge on any atom is -0.0757 e. The summed E-state index contributed by atoms with van der Waals surface area (Å²) >= 11 is 0. The van der Waals surface area contributed by atoms with E-state index in [1.807, 2.05) is 0 Å². The van der Waals surface area contributed by atoms with Crippen LogP contribution >= 0.6 is 0 Å². The minimum atomic E-state index is 0.363. The van der Waals surface area contributed by atoms with Crippen molar-refractivity contribution < 1.29 is 0 Å². The summed E-state index contributed by atoms with van der Waals surface area (Å²) in [5.41, 5.74) is 11.1. The van der Waals surface area contributed by atoms with E-state index >= 15 is 0 Å². The summed E-state index contributed by atoms with van der Waals surface area (Å²) in [5, 5.41) is 9.67. The highest BCUT2D eigenvalue weighted by atomic mass is 14.3. The molecule has 166 valence electrons. The van der Waals surface area contributed by atoms with E-state index in [1.165, 1.54) is 81.7 Å². The van der Waals surface area contributed by atoms with Gasteiger partial charge in [-0.25, -0.2) is 0 Å². The van der Waals surface area contributed by atoms with Crippen LogP contribution in [-0.2, 0) is 0 Å². The van der Waals surface area contributed by atoms with Crippen LogP contribution in [0.15, 0.2) is 97.1 Å². The summed E-state index contributed by atoms with van der Waals surface area (Å²) in [7, 11) is 0. The summed E-state index contributed by atoms with van der Waals surface area (Å²) < 4.78 is 0. The predicted octanol–water partition coefficient (Wildman–Crippen LogP) is 6.65. The first-order chi connectivity index (χ1) is 17.8. The smallest absolute Gasteiger partial charge is 0.0137 e. The van der Waals surface area contributed by atoms with Crippen LogP contribution in [0.1, 0.15) is 34.6 Å². The molecule has 36 heavy (non-hydrogen) atoms. The van der Waals surface area contributed by atoms with Crippen LogP contribution in [0, 0.1) is 0 Å². The highest BCUT2D eigenvalue weighted by Crippen LogP contribution is 2.42. The van der Waals surface area contributed by atoms with Crippen LogP contribution in [0.3, 0.4) is 0 Å². The Morgan fingerprint density at radius 1 is 0.500 bits per heavy atom. The Kier molecular flexibility index (Phi) is 3.47. The highest BCUT2D eigenvalue weighted by molar-refractivity contribution is 6.12. The van der Waals surface area contributed by atoms with Gasteiger partial charge in [0, 0.05) is 5.92 Å². The van der Waals surface area contributed by atoms with Gasteiger partial charge in [-0.3, -0.25) is 0 Å². The van der Waals surface area contributed by atoms with Crippen molar-refractivity contribution in [2.45, 2.75) is 12.3 Å². The van der Waals surface area contributed by atoms with Crippen molar-refractivity contribution in [3.05, 3.63) is 135 Å². The molecular formula is C36H22. The molecule has 1 atom stereocenters. The number of hydrogen-bond acceptors (Lipinski definition) is 0. The first-order valence-electron chi connectivity index (χ1n) is 12.9. The molecule has 0 heterocycles. The van der Waals surface area contributed by atoms with E-state index < -0.39 is 0 Å². The van der Waals surface area contributed by atoms with Gasteiger partial charge in [0.15, 0.2) is 0 Å². The lowest BCUT2D eigenvalue weighted by Gasteiger charge is -2.25. The van der Waals surface area contributed by atoms with Crippen molar-refractivity contribution in [2.75, 3.05) is 0 Å². The van der Waals surface area contributed by atoms with Gasteiger partial charge < -0.3 is 0 Å². The first kappa shape index (κ1) is 18.9. The second-order valence-corrected chi connectivity index (χ2v) is 10.4. The molecule has 6 aromatic rings. The zero-order valence-corrected chi connectivity index (χ0v) is 19.8. The first-order valence-corrected chi connectivity index (χ1v) is 12.9. The molecular weight excluding hydrogens is 432 g/mol. The number of rotatable bonds is 1. The van der Waals surface area contributed by atoms with Gasteiger partial charge in [0.25, 0.3) is 0 Å². The predicted molar refractivity (Wildman–Crippen MR) is 151 cm³/mol. The molecule has 0 fully saturated rings. The summed E-state index contributed by atoms with van der Waals surface area (Å²) in [6, 6.07) is 36.3. The van der Waals surface area contributed by atoms with Crippen LogP contribution < -0.4 is 15.7 Å². The maximum absolute atomic E-state index is 2.47. The van der Waals surface area contributed by atoms with Gasteiger partial charge in [0.05, 0.1) is 0 Å². The molecule has 6 aromatic carbocycles. The summed E-state index contributed by atoms with van der Waals surface area (Å²) in [4.78, 5) is 0. The van der Waals surface area contributed by atoms with E-state index in [2.05, 4.69) is 115 Å². The van der Waals surface area contributed by atoms with Gasteiger partial charge in [-0.2, -0.15) is 0 Å². The fraction of sp³-hybridized carbons (Fsp3) is 0.0556. The molecule has 0 amide bonds. The van der Waals surface area contributed by atoms with Crippen molar-refractivity contribution in [3.8, 4) is 22.3 Å². The number of benzene rings is 6. The van der Waals surface area contributed by atoms with E-state index in [0.717, 1.165) is 6.42 Å². The Morgan fingerprint density at radius 3 is 2.17 bits per heavy atom. The van der Waals surface area contributed by atoms with Crippen molar-refractivity contribution in [1.29, 1.82) is 0 Å². The molecule has 3 aliphatic rings. The van der Waals surface area contributed by atoms with Gasteiger partial charge in [0.1, 0.15) is 0 Å². The monoisotopic (exact) mass is 454 g/mol. The summed E-state index contributed by atoms with van der Waals surface area (Å²) in [5.74, 6) is 0.363. The highest BCUT2D eigenvalue weighted by Gasteiger charge is 2.26.